The molecule has 0 spiro atoms. The number of thioether (sulfide) groups is 1. The number of amides is 1. The van der Waals surface area contributed by atoms with Crippen LogP contribution in [0.4, 0.5) is 0 Å². The molecule has 0 bridgehead atoms. The van der Waals surface area contributed by atoms with E-state index in [-0.39, 0.29) is 17.9 Å². The summed E-state index contributed by atoms with van der Waals surface area (Å²) in [5.41, 5.74) is 1.27. The number of carbonyl (C=O) groups excluding carboxylic acids is 1. The lowest BCUT2D eigenvalue weighted by Crippen LogP contribution is -2.50. The Balaban J connectivity index is 1.65. The molecular weight excluding hydrogens is 244 g/mol. The SMILES string of the molecule is CC(C(=O)NC1CSc2ccccc21)C1CNC1. The first kappa shape index (κ1) is 12.1. The molecule has 0 aromatic heterocycles. The van der Waals surface area contributed by atoms with E-state index in [4.69, 9.17) is 0 Å². The van der Waals surface area contributed by atoms with Crippen LogP contribution in [0.3, 0.4) is 0 Å². The second kappa shape index (κ2) is 4.94. The van der Waals surface area contributed by atoms with Gasteiger partial charge in [-0.3, -0.25) is 4.79 Å². The number of nitrogens with one attached hydrogen (secondary N) is 2. The van der Waals surface area contributed by atoms with Crippen molar-refractivity contribution in [2.45, 2.75) is 17.9 Å². The Labute approximate surface area is 112 Å². The van der Waals surface area contributed by atoms with Crippen molar-refractivity contribution in [2.24, 2.45) is 11.8 Å². The van der Waals surface area contributed by atoms with Gasteiger partial charge in [0.1, 0.15) is 0 Å². The first-order chi connectivity index (χ1) is 8.75. The summed E-state index contributed by atoms with van der Waals surface area (Å²) in [5, 5.41) is 6.42. The van der Waals surface area contributed by atoms with Gasteiger partial charge in [-0.15, -0.1) is 11.8 Å². The molecule has 3 rings (SSSR count). The number of carbonyl (C=O) groups is 1. The summed E-state index contributed by atoms with van der Waals surface area (Å²) in [7, 11) is 0. The number of hydrogen-bond donors (Lipinski definition) is 2. The van der Waals surface area contributed by atoms with Gasteiger partial charge in [-0.1, -0.05) is 25.1 Å². The number of benzene rings is 1. The maximum Gasteiger partial charge on any atom is 0.223 e. The average Bonchev–Trinajstić information content (AvgIpc) is 2.70. The minimum atomic E-state index is 0.115. The lowest BCUT2D eigenvalue weighted by Gasteiger charge is -2.32. The Bertz CT molecular complexity index is 459. The highest BCUT2D eigenvalue weighted by Gasteiger charge is 2.31. The van der Waals surface area contributed by atoms with Crippen LogP contribution in [-0.2, 0) is 4.79 Å². The fraction of sp³-hybridized carbons (Fsp3) is 0.500. The highest BCUT2D eigenvalue weighted by Crippen LogP contribution is 2.37. The Morgan fingerprint density at radius 2 is 2.22 bits per heavy atom. The van der Waals surface area contributed by atoms with Crippen LogP contribution in [0.2, 0.25) is 0 Å². The summed E-state index contributed by atoms with van der Waals surface area (Å²) < 4.78 is 0. The molecule has 18 heavy (non-hydrogen) atoms. The van der Waals surface area contributed by atoms with Gasteiger partial charge in [-0.05, 0) is 30.6 Å². The smallest absolute Gasteiger partial charge is 0.223 e. The van der Waals surface area contributed by atoms with Crippen molar-refractivity contribution < 1.29 is 4.79 Å². The zero-order valence-electron chi connectivity index (χ0n) is 10.5. The lowest BCUT2D eigenvalue weighted by molar-refractivity contribution is -0.127. The van der Waals surface area contributed by atoms with Gasteiger partial charge >= 0.3 is 0 Å². The summed E-state index contributed by atoms with van der Waals surface area (Å²) in [4.78, 5) is 13.5. The molecule has 2 atom stereocenters. The summed E-state index contributed by atoms with van der Waals surface area (Å²) in [6.07, 6.45) is 0. The third-order valence-electron chi connectivity index (χ3n) is 3.95. The molecule has 0 radical (unpaired) electrons. The van der Waals surface area contributed by atoms with Crippen molar-refractivity contribution in [2.75, 3.05) is 18.8 Å². The van der Waals surface area contributed by atoms with E-state index in [9.17, 15) is 4.79 Å². The van der Waals surface area contributed by atoms with Crippen LogP contribution in [0.1, 0.15) is 18.5 Å². The van der Waals surface area contributed by atoms with E-state index < -0.39 is 0 Å². The van der Waals surface area contributed by atoms with Gasteiger partial charge < -0.3 is 10.6 Å². The van der Waals surface area contributed by atoms with Gasteiger partial charge in [0.2, 0.25) is 5.91 Å². The van der Waals surface area contributed by atoms with Gasteiger partial charge in [0.25, 0.3) is 0 Å². The largest absolute Gasteiger partial charge is 0.348 e. The maximum absolute atomic E-state index is 12.2. The Hall–Kier alpha value is -1.00. The van der Waals surface area contributed by atoms with E-state index in [2.05, 4.69) is 28.8 Å². The van der Waals surface area contributed by atoms with Crippen LogP contribution in [0.15, 0.2) is 29.2 Å². The second-order valence-electron chi connectivity index (χ2n) is 5.12. The molecule has 0 saturated carbocycles. The second-order valence-corrected chi connectivity index (χ2v) is 6.18. The standard InChI is InChI=1S/C14H18N2OS/c1-9(10-6-15-7-10)14(17)16-12-8-18-13-5-3-2-4-11(12)13/h2-5,9-10,12,15H,6-8H2,1H3,(H,16,17). The van der Waals surface area contributed by atoms with E-state index >= 15 is 0 Å². The van der Waals surface area contributed by atoms with Crippen molar-refractivity contribution in [3.8, 4) is 0 Å². The summed E-state index contributed by atoms with van der Waals surface area (Å²) in [5.74, 6) is 1.78. The van der Waals surface area contributed by atoms with Crippen molar-refractivity contribution >= 4 is 17.7 Å². The third-order valence-corrected chi connectivity index (χ3v) is 5.13. The molecule has 3 nitrogen and oxygen atoms in total. The number of rotatable bonds is 3. The summed E-state index contributed by atoms with van der Waals surface area (Å²) >= 11 is 1.83. The molecule has 2 unspecified atom stereocenters. The van der Waals surface area contributed by atoms with E-state index in [1.54, 1.807) is 0 Å². The van der Waals surface area contributed by atoms with Gasteiger partial charge in [-0.25, -0.2) is 0 Å². The number of fused-ring (bicyclic) bond motifs is 1. The summed E-state index contributed by atoms with van der Waals surface area (Å²) in [6, 6.07) is 8.54. The lowest BCUT2D eigenvalue weighted by atomic mass is 9.88. The van der Waals surface area contributed by atoms with Crippen LogP contribution in [0.5, 0.6) is 0 Å². The maximum atomic E-state index is 12.2. The zero-order valence-corrected chi connectivity index (χ0v) is 11.3. The van der Waals surface area contributed by atoms with Gasteiger partial charge in [-0.2, -0.15) is 0 Å². The topological polar surface area (TPSA) is 41.1 Å². The van der Waals surface area contributed by atoms with Crippen LogP contribution < -0.4 is 10.6 Å². The molecule has 1 aromatic rings. The number of hydrogen-bond acceptors (Lipinski definition) is 3. The minimum absolute atomic E-state index is 0.115. The predicted molar refractivity (Wildman–Crippen MR) is 73.6 cm³/mol. The molecule has 2 heterocycles. The monoisotopic (exact) mass is 262 g/mol. The van der Waals surface area contributed by atoms with Crippen LogP contribution in [0.25, 0.3) is 0 Å². The first-order valence-corrected chi connectivity index (χ1v) is 7.47. The molecule has 2 aliphatic heterocycles. The molecule has 0 aliphatic carbocycles. The van der Waals surface area contributed by atoms with Crippen molar-refractivity contribution in [1.82, 2.24) is 10.6 Å². The average molecular weight is 262 g/mol. The van der Waals surface area contributed by atoms with Crippen LogP contribution >= 0.6 is 11.8 Å². The van der Waals surface area contributed by atoms with Gasteiger partial charge in [0.05, 0.1) is 6.04 Å². The molecule has 2 aliphatic rings. The highest BCUT2D eigenvalue weighted by atomic mass is 32.2. The summed E-state index contributed by atoms with van der Waals surface area (Å²) in [6.45, 7) is 3.99. The van der Waals surface area contributed by atoms with Gasteiger partial charge in [0.15, 0.2) is 0 Å². The van der Waals surface area contributed by atoms with E-state index in [0.717, 1.165) is 18.8 Å². The molecule has 1 amide bonds. The van der Waals surface area contributed by atoms with Crippen molar-refractivity contribution in [3.05, 3.63) is 29.8 Å². The van der Waals surface area contributed by atoms with Crippen molar-refractivity contribution in [3.63, 3.8) is 0 Å². The predicted octanol–water partition coefficient (Wildman–Crippen LogP) is 1.81. The first-order valence-electron chi connectivity index (χ1n) is 6.48. The third kappa shape index (κ3) is 2.15. The van der Waals surface area contributed by atoms with Crippen LogP contribution in [-0.4, -0.2) is 24.7 Å². The highest BCUT2D eigenvalue weighted by molar-refractivity contribution is 7.99. The Morgan fingerprint density at radius 1 is 1.44 bits per heavy atom. The fourth-order valence-corrected chi connectivity index (χ4v) is 3.62. The van der Waals surface area contributed by atoms with E-state index in [1.165, 1.54) is 10.5 Å². The molecule has 1 aromatic carbocycles. The molecule has 1 saturated heterocycles. The Kier molecular flexibility index (Phi) is 3.31. The quantitative estimate of drug-likeness (QED) is 0.873. The normalized spacial score (nSPS) is 24.2. The van der Waals surface area contributed by atoms with E-state index in [0.29, 0.717) is 5.92 Å². The van der Waals surface area contributed by atoms with Crippen LogP contribution in [0, 0.1) is 11.8 Å². The molecule has 1 fully saturated rings. The molecule has 4 heteroatoms. The minimum Gasteiger partial charge on any atom is -0.348 e. The Morgan fingerprint density at radius 3 is 2.94 bits per heavy atom. The fourth-order valence-electron chi connectivity index (χ4n) is 2.46. The zero-order chi connectivity index (χ0) is 12.5. The molecule has 2 N–H and O–H groups in total. The van der Waals surface area contributed by atoms with Crippen molar-refractivity contribution in [1.29, 1.82) is 0 Å². The van der Waals surface area contributed by atoms with Gasteiger partial charge in [0, 0.05) is 16.6 Å². The molecular formula is C14H18N2OS. The molecule has 96 valence electrons. The van der Waals surface area contributed by atoms with E-state index in [1.807, 2.05) is 24.8 Å².